The predicted molar refractivity (Wildman–Crippen MR) is 199 cm³/mol. The minimum Gasteiger partial charge on any atom is -0.477 e. The fraction of sp³-hybridized carbons (Fsp3) is 0.171. The van der Waals surface area contributed by atoms with Gasteiger partial charge in [0.25, 0.3) is 11.8 Å². The van der Waals surface area contributed by atoms with E-state index in [4.69, 9.17) is 10.1 Å². The van der Waals surface area contributed by atoms with Crippen LogP contribution in [0.15, 0.2) is 120 Å². The van der Waals surface area contributed by atoms with Crippen molar-refractivity contribution < 1.29 is 24.3 Å². The van der Waals surface area contributed by atoms with Crippen LogP contribution < -0.4 is 10.6 Å². The Morgan fingerprint density at radius 1 is 1.06 bits per heavy atom. The Morgan fingerprint density at radius 2 is 1.66 bits per heavy atom. The first-order valence-corrected chi connectivity index (χ1v) is 18.5. The number of β-lactam (4-membered cyclic amide) rings is 1. The molecule has 6 rings (SSSR count). The van der Waals surface area contributed by atoms with E-state index in [0.717, 1.165) is 28.2 Å². The lowest BCUT2D eigenvalue weighted by Crippen LogP contribution is -2.71. The third-order valence-corrected chi connectivity index (χ3v) is 10.4. The summed E-state index contributed by atoms with van der Waals surface area (Å²) in [5, 5.41) is 28.8. The van der Waals surface area contributed by atoms with Crippen LogP contribution in [-0.2, 0) is 24.8 Å². The van der Waals surface area contributed by atoms with E-state index in [-0.39, 0.29) is 17.2 Å². The highest BCUT2D eigenvalue weighted by Gasteiger charge is 2.54. The van der Waals surface area contributed by atoms with Crippen molar-refractivity contribution in [3.05, 3.63) is 137 Å². The molecule has 2 atom stereocenters. The first kappa shape index (κ1) is 34.8. The Balaban J connectivity index is 1.31. The molecule has 1 fully saturated rings. The number of thioether (sulfide) groups is 1. The molecular weight excluding hydrogens is 789 g/mol. The zero-order valence-corrected chi connectivity index (χ0v) is 29.9. The molecule has 12 nitrogen and oxygen atoms in total. The summed E-state index contributed by atoms with van der Waals surface area (Å²) in [6.45, 7) is -0.444. The van der Waals surface area contributed by atoms with Crippen molar-refractivity contribution in [2.24, 2.45) is 5.16 Å². The number of hydrogen-bond donors (Lipinski definition) is 3. The van der Waals surface area contributed by atoms with Crippen LogP contribution in [0.2, 0.25) is 0 Å². The minimum absolute atomic E-state index is 0.0895. The molecule has 2 amide bonds. The number of nitrogens with zero attached hydrogens (tertiary/aromatic N) is 5. The monoisotopic (exact) mass is 817 g/mol. The number of aliphatic carboxylic acids is 1. The Morgan fingerprint density at radius 3 is 2.20 bits per heavy atom. The standard InChI is InChI=1S/C35H28IN7O5S2/c36-18-10-11-22-21-49-32-27(31(45)43(32)28(22)33(46)47)38-30(44)26(41-48-20-19-37)29-39-34(50-42-29)40-35(23-12-4-1-5-13-23,24-14-6-2-7-15-24)25-16-8-3-9-17-25/h1-17,27,32H,18,20-21H2,(H,38,44)(H,46,47)(H,39,40,42)/t27-,32+/m1/s1. The van der Waals surface area contributed by atoms with Crippen LogP contribution in [0.1, 0.15) is 22.5 Å². The number of benzene rings is 3. The van der Waals surface area contributed by atoms with Gasteiger partial charge in [-0.15, -0.1) is 11.8 Å². The van der Waals surface area contributed by atoms with Gasteiger partial charge in [0.2, 0.25) is 23.3 Å². The first-order chi connectivity index (χ1) is 24.4. The molecule has 15 heteroatoms. The number of rotatable bonds is 13. The lowest BCUT2D eigenvalue weighted by molar-refractivity contribution is -0.150. The molecule has 2 aliphatic heterocycles. The van der Waals surface area contributed by atoms with E-state index in [2.05, 4.69) is 47.7 Å². The molecule has 2 aliphatic rings. The molecule has 0 spiro atoms. The number of hydrogen-bond acceptors (Lipinski definition) is 11. The summed E-state index contributed by atoms with van der Waals surface area (Å²) in [6, 6.07) is 30.4. The maximum Gasteiger partial charge on any atom is 0.352 e. The number of halogens is 1. The van der Waals surface area contributed by atoms with Crippen LogP contribution in [0.25, 0.3) is 0 Å². The van der Waals surface area contributed by atoms with E-state index in [1.54, 1.807) is 12.1 Å². The number of aromatic nitrogens is 2. The average molecular weight is 818 g/mol. The highest BCUT2D eigenvalue weighted by atomic mass is 127. The number of alkyl halides is 1. The van der Waals surface area contributed by atoms with Crippen LogP contribution in [0, 0.1) is 11.3 Å². The van der Waals surface area contributed by atoms with E-state index in [1.165, 1.54) is 16.7 Å². The van der Waals surface area contributed by atoms with E-state index < -0.39 is 41.3 Å². The highest BCUT2D eigenvalue weighted by Crippen LogP contribution is 2.42. The van der Waals surface area contributed by atoms with Crippen molar-refractivity contribution in [3.8, 4) is 6.07 Å². The van der Waals surface area contributed by atoms with Gasteiger partial charge in [-0.05, 0) is 22.3 Å². The number of amides is 2. The molecule has 0 aliphatic carbocycles. The molecule has 4 aromatic rings. The fourth-order valence-corrected chi connectivity index (χ4v) is 7.99. The smallest absolute Gasteiger partial charge is 0.352 e. The minimum atomic E-state index is -1.22. The Labute approximate surface area is 309 Å². The molecular formula is C35H28IN7O5S2. The number of carbonyl (C=O) groups excluding carboxylic acids is 2. The maximum absolute atomic E-state index is 13.7. The summed E-state index contributed by atoms with van der Waals surface area (Å²) in [6.07, 6.45) is 3.53. The van der Waals surface area contributed by atoms with E-state index in [1.807, 2.05) is 97.1 Å². The molecule has 1 saturated heterocycles. The number of carboxylic acid groups (broad SMARTS) is 1. The van der Waals surface area contributed by atoms with Gasteiger partial charge in [-0.25, -0.2) is 4.79 Å². The van der Waals surface area contributed by atoms with Crippen LogP contribution in [0.5, 0.6) is 0 Å². The van der Waals surface area contributed by atoms with Gasteiger partial charge < -0.3 is 20.6 Å². The molecule has 3 aromatic carbocycles. The molecule has 50 heavy (non-hydrogen) atoms. The molecule has 1 aromatic heterocycles. The SMILES string of the molecule is N#CCON=C(C(=O)N[C@@H]1C(=O)N2C(C(=O)O)=C(C=CCI)CS[C@@H]12)c1nsc(NC(c2ccccc2)(c2ccccc2)c2ccccc2)n1. The third-order valence-electron chi connectivity index (χ3n) is 7.95. The summed E-state index contributed by atoms with van der Waals surface area (Å²) in [5.74, 6) is -2.36. The van der Waals surface area contributed by atoms with Crippen molar-refractivity contribution in [1.29, 1.82) is 5.26 Å². The van der Waals surface area contributed by atoms with Crippen molar-refractivity contribution in [2.45, 2.75) is 17.0 Å². The summed E-state index contributed by atoms with van der Waals surface area (Å²) >= 11 is 4.49. The molecule has 0 radical (unpaired) electrons. The van der Waals surface area contributed by atoms with Gasteiger partial charge >= 0.3 is 5.97 Å². The maximum atomic E-state index is 13.7. The molecule has 3 N–H and O–H groups in total. The van der Waals surface area contributed by atoms with Gasteiger partial charge in [-0.1, -0.05) is 131 Å². The number of anilines is 1. The highest BCUT2D eigenvalue weighted by molar-refractivity contribution is 14.1. The Kier molecular flexibility index (Phi) is 10.9. The number of oxime groups is 1. The zero-order valence-electron chi connectivity index (χ0n) is 26.1. The van der Waals surface area contributed by atoms with E-state index in [9.17, 15) is 19.5 Å². The number of nitrogens with one attached hydrogen (secondary N) is 2. The van der Waals surface area contributed by atoms with E-state index >= 15 is 0 Å². The second-order valence-electron chi connectivity index (χ2n) is 10.9. The van der Waals surface area contributed by atoms with Crippen molar-refractivity contribution in [2.75, 3.05) is 22.1 Å². The number of allylic oxidation sites excluding steroid dienone is 2. The van der Waals surface area contributed by atoms with Crippen LogP contribution in [0.3, 0.4) is 0 Å². The predicted octanol–water partition coefficient (Wildman–Crippen LogP) is 4.92. The Bertz CT molecular complexity index is 1920. The summed E-state index contributed by atoms with van der Waals surface area (Å²) in [5.41, 5.74) is 1.94. The van der Waals surface area contributed by atoms with Crippen molar-refractivity contribution in [3.63, 3.8) is 0 Å². The molecule has 0 bridgehead atoms. The second kappa shape index (κ2) is 15.7. The zero-order chi connectivity index (χ0) is 35.1. The third kappa shape index (κ3) is 6.86. The summed E-state index contributed by atoms with van der Waals surface area (Å²) < 4.78 is 5.11. The first-order valence-electron chi connectivity index (χ1n) is 15.2. The van der Waals surface area contributed by atoms with Crippen LogP contribution in [0.4, 0.5) is 5.13 Å². The van der Waals surface area contributed by atoms with Gasteiger partial charge in [0.15, 0.2) is 0 Å². The van der Waals surface area contributed by atoms with Crippen molar-refractivity contribution >= 4 is 74.5 Å². The van der Waals surface area contributed by atoms with Gasteiger partial charge in [-0.2, -0.15) is 14.6 Å². The second-order valence-corrected chi connectivity index (χ2v) is 13.6. The van der Waals surface area contributed by atoms with Crippen LogP contribution in [-0.4, -0.2) is 71.1 Å². The summed E-state index contributed by atoms with van der Waals surface area (Å²) in [7, 11) is 0. The van der Waals surface area contributed by atoms with Gasteiger partial charge in [0.05, 0.1) is 0 Å². The molecule has 3 heterocycles. The molecule has 252 valence electrons. The largest absolute Gasteiger partial charge is 0.477 e. The number of nitriles is 1. The lowest BCUT2D eigenvalue weighted by atomic mass is 9.77. The lowest BCUT2D eigenvalue weighted by Gasteiger charge is -2.49. The number of carboxylic acids is 1. The number of fused-ring (bicyclic) bond motifs is 1. The van der Waals surface area contributed by atoms with Gasteiger partial charge in [0, 0.05) is 21.7 Å². The number of carbonyl (C=O) groups is 3. The normalized spacial score (nSPS) is 17.5. The van der Waals surface area contributed by atoms with Crippen molar-refractivity contribution in [1.82, 2.24) is 19.6 Å². The Hall–Kier alpha value is -5.05. The van der Waals surface area contributed by atoms with Gasteiger partial charge in [-0.3, -0.25) is 14.5 Å². The average Bonchev–Trinajstić information content (AvgIpc) is 3.62. The molecule has 0 saturated carbocycles. The van der Waals surface area contributed by atoms with E-state index in [0.29, 0.717) is 20.9 Å². The summed E-state index contributed by atoms with van der Waals surface area (Å²) in [4.78, 5) is 50.0. The fourth-order valence-electron chi connectivity index (χ4n) is 5.79. The quantitative estimate of drug-likeness (QED) is 0.0321. The van der Waals surface area contributed by atoms with Gasteiger partial charge in [0.1, 0.15) is 28.7 Å². The van der Waals surface area contributed by atoms with Crippen LogP contribution >= 0.6 is 45.9 Å². The topological polar surface area (TPSA) is 170 Å². The molecule has 0 unspecified atom stereocenters.